The van der Waals surface area contributed by atoms with Crippen molar-refractivity contribution in [1.82, 2.24) is 9.21 Å². The normalized spacial score (nSPS) is 27.0. The molecular formula is C14H17FN2O5S2. The van der Waals surface area contributed by atoms with Crippen LogP contribution in [0.2, 0.25) is 0 Å². The molecule has 1 aromatic carbocycles. The van der Waals surface area contributed by atoms with Gasteiger partial charge in [0.2, 0.25) is 10.0 Å². The minimum atomic E-state index is -3.58. The van der Waals surface area contributed by atoms with Crippen LogP contribution < -0.4 is 0 Å². The third-order valence-corrected chi connectivity index (χ3v) is 7.39. The van der Waals surface area contributed by atoms with Crippen LogP contribution in [0.1, 0.15) is 10.4 Å². The van der Waals surface area contributed by atoms with Gasteiger partial charge in [-0.1, -0.05) is 6.07 Å². The first-order valence-corrected chi connectivity index (χ1v) is 11.0. The molecule has 2 fully saturated rings. The second-order valence-corrected chi connectivity index (χ2v) is 10.2. The van der Waals surface area contributed by atoms with E-state index in [-0.39, 0.29) is 30.2 Å². The van der Waals surface area contributed by atoms with Gasteiger partial charge in [0.15, 0.2) is 9.84 Å². The molecule has 2 heterocycles. The number of rotatable bonds is 2. The van der Waals surface area contributed by atoms with Crippen LogP contribution in [0.15, 0.2) is 24.3 Å². The van der Waals surface area contributed by atoms with E-state index in [1.807, 2.05) is 0 Å². The van der Waals surface area contributed by atoms with Crippen LogP contribution in [0.5, 0.6) is 0 Å². The van der Waals surface area contributed by atoms with Gasteiger partial charge in [0.1, 0.15) is 5.82 Å². The topological polar surface area (TPSA) is 91.8 Å². The van der Waals surface area contributed by atoms with E-state index in [4.69, 9.17) is 0 Å². The molecule has 2 aliphatic rings. The van der Waals surface area contributed by atoms with Crippen LogP contribution in [-0.2, 0) is 19.9 Å². The van der Waals surface area contributed by atoms with Gasteiger partial charge in [-0.05, 0) is 18.2 Å². The molecule has 0 aliphatic carbocycles. The minimum absolute atomic E-state index is 0.0244. The van der Waals surface area contributed by atoms with Crippen molar-refractivity contribution < 1.29 is 26.0 Å². The Bertz CT molecular complexity index is 884. The summed E-state index contributed by atoms with van der Waals surface area (Å²) >= 11 is 0. The number of nitrogens with zero attached hydrogens (tertiary/aromatic N) is 2. The smallest absolute Gasteiger partial charge is 0.254 e. The maximum Gasteiger partial charge on any atom is 0.254 e. The summed E-state index contributed by atoms with van der Waals surface area (Å²) < 4.78 is 62.3. The average Bonchev–Trinajstić information content (AvgIpc) is 2.78. The zero-order chi connectivity index (χ0) is 17.7. The van der Waals surface area contributed by atoms with Crippen LogP contribution in [0, 0.1) is 5.82 Å². The zero-order valence-corrected chi connectivity index (χ0v) is 14.6. The number of hydrogen-bond donors (Lipinski definition) is 0. The van der Waals surface area contributed by atoms with Crippen molar-refractivity contribution in [2.45, 2.75) is 12.1 Å². The number of amides is 1. The molecule has 0 aromatic heterocycles. The third-order valence-electron chi connectivity index (χ3n) is 4.38. The van der Waals surface area contributed by atoms with Crippen molar-refractivity contribution in [3.63, 3.8) is 0 Å². The number of carbonyl (C=O) groups is 1. The number of fused-ring (bicyclic) bond motifs is 1. The molecule has 3 rings (SSSR count). The average molecular weight is 376 g/mol. The lowest BCUT2D eigenvalue weighted by molar-refractivity contribution is 0.0516. The van der Waals surface area contributed by atoms with E-state index in [9.17, 15) is 26.0 Å². The Hall–Kier alpha value is -1.52. The third kappa shape index (κ3) is 3.17. The molecule has 2 aliphatic heterocycles. The fourth-order valence-electron chi connectivity index (χ4n) is 3.37. The Morgan fingerprint density at radius 2 is 1.88 bits per heavy atom. The molecule has 10 heteroatoms. The predicted molar refractivity (Wildman–Crippen MR) is 85.2 cm³/mol. The van der Waals surface area contributed by atoms with Crippen molar-refractivity contribution in [3.8, 4) is 0 Å². The SMILES string of the molecule is CS(=O)(=O)N1CCN(C(=O)c2cccc(F)c2)[C@@H]2CS(=O)(=O)C[C@@H]21. The second-order valence-electron chi connectivity index (χ2n) is 6.09. The first kappa shape index (κ1) is 17.3. The van der Waals surface area contributed by atoms with Crippen molar-refractivity contribution in [3.05, 3.63) is 35.6 Å². The Labute approximate surface area is 140 Å². The first-order valence-electron chi connectivity index (χ1n) is 7.32. The molecule has 0 spiro atoms. The molecular weight excluding hydrogens is 359 g/mol. The second kappa shape index (κ2) is 5.78. The minimum Gasteiger partial charge on any atom is -0.332 e. The van der Waals surface area contributed by atoms with Crippen molar-refractivity contribution >= 4 is 25.8 Å². The van der Waals surface area contributed by atoms with Gasteiger partial charge in [-0.2, -0.15) is 4.31 Å². The summed E-state index contributed by atoms with van der Waals surface area (Å²) in [6, 6.07) is 3.60. The van der Waals surface area contributed by atoms with Gasteiger partial charge in [-0.15, -0.1) is 0 Å². The highest BCUT2D eigenvalue weighted by Crippen LogP contribution is 2.29. The standard InChI is InChI=1S/C14H17FN2O5S2/c1-23(19,20)17-6-5-16(12-8-24(21,22)9-13(12)17)14(18)10-3-2-4-11(15)7-10/h2-4,7,12-13H,5-6,8-9H2,1H3/t12-,13+/m1/s1. The van der Waals surface area contributed by atoms with Gasteiger partial charge >= 0.3 is 0 Å². The van der Waals surface area contributed by atoms with Crippen molar-refractivity contribution in [1.29, 1.82) is 0 Å². The van der Waals surface area contributed by atoms with E-state index >= 15 is 0 Å². The fraction of sp³-hybridized carbons (Fsp3) is 0.500. The first-order chi connectivity index (χ1) is 11.1. The molecule has 24 heavy (non-hydrogen) atoms. The van der Waals surface area contributed by atoms with Crippen LogP contribution >= 0.6 is 0 Å². The Morgan fingerprint density at radius 1 is 1.21 bits per heavy atom. The fourth-order valence-corrected chi connectivity index (χ4v) is 6.57. The summed E-state index contributed by atoms with van der Waals surface area (Å²) in [5.41, 5.74) is 0.117. The van der Waals surface area contributed by atoms with Gasteiger partial charge in [-0.25, -0.2) is 21.2 Å². The lowest BCUT2D eigenvalue weighted by Crippen LogP contribution is -2.61. The van der Waals surface area contributed by atoms with E-state index in [1.54, 1.807) is 0 Å². The summed E-state index contributed by atoms with van der Waals surface area (Å²) in [5, 5.41) is 0. The number of hydrogen-bond acceptors (Lipinski definition) is 5. The molecule has 0 unspecified atom stereocenters. The number of sulfone groups is 1. The van der Waals surface area contributed by atoms with Gasteiger partial charge in [-0.3, -0.25) is 4.79 Å². The molecule has 0 bridgehead atoms. The largest absolute Gasteiger partial charge is 0.332 e. The summed E-state index contributed by atoms with van der Waals surface area (Å²) in [4.78, 5) is 14.0. The van der Waals surface area contributed by atoms with E-state index in [0.29, 0.717) is 0 Å². The van der Waals surface area contributed by atoms with Gasteiger partial charge in [0.25, 0.3) is 5.91 Å². The molecule has 7 nitrogen and oxygen atoms in total. The van der Waals surface area contributed by atoms with E-state index in [0.717, 1.165) is 16.6 Å². The molecule has 0 N–H and O–H groups in total. The van der Waals surface area contributed by atoms with Gasteiger partial charge in [0, 0.05) is 18.7 Å². The molecule has 1 amide bonds. The number of sulfonamides is 1. The van der Waals surface area contributed by atoms with E-state index in [1.165, 1.54) is 23.1 Å². The number of benzene rings is 1. The summed E-state index contributed by atoms with van der Waals surface area (Å²) in [6.45, 7) is 0.0929. The van der Waals surface area contributed by atoms with Gasteiger partial charge < -0.3 is 4.90 Å². The molecule has 132 valence electrons. The Kier molecular flexibility index (Phi) is 4.17. The monoisotopic (exact) mass is 376 g/mol. The number of halogens is 1. The van der Waals surface area contributed by atoms with Crippen LogP contribution in [0.25, 0.3) is 0 Å². The van der Waals surface area contributed by atoms with E-state index in [2.05, 4.69) is 0 Å². The van der Waals surface area contributed by atoms with Crippen molar-refractivity contribution in [2.75, 3.05) is 30.9 Å². The van der Waals surface area contributed by atoms with Crippen LogP contribution in [-0.4, -0.2) is 74.9 Å². The van der Waals surface area contributed by atoms with Gasteiger partial charge in [0.05, 0.1) is 29.8 Å². The summed E-state index contributed by atoms with van der Waals surface area (Å²) in [6.07, 6.45) is 1.03. The lowest BCUT2D eigenvalue weighted by atomic mass is 10.1. The number of carbonyl (C=O) groups excluding carboxylic acids is 1. The summed E-state index contributed by atoms with van der Waals surface area (Å²) in [7, 11) is -7.03. The maximum atomic E-state index is 13.3. The molecule has 0 radical (unpaired) electrons. The highest BCUT2D eigenvalue weighted by molar-refractivity contribution is 7.92. The Morgan fingerprint density at radius 3 is 2.50 bits per heavy atom. The predicted octanol–water partition coefficient (Wildman–Crippen LogP) is -0.291. The molecule has 2 saturated heterocycles. The number of piperazine rings is 1. The molecule has 0 saturated carbocycles. The van der Waals surface area contributed by atoms with E-state index < -0.39 is 43.7 Å². The van der Waals surface area contributed by atoms with Crippen molar-refractivity contribution in [2.24, 2.45) is 0 Å². The zero-order valence-electron chi connectivity index (χ0n) is 12.9. The summed E-state index contributed by atoms with van der Waals surface area (Å²) in [5.74, 6) is -1.65. The van der Waals surface area contributed by atoms with Crippen LogP contribution in [0.4, 0.5) is 4.39 Å². The lowest BCUT2D eigenvalue weighted by Gasteiger charge is -2.42. The maximum absolute atomic E-state index is 13.3. The highest BCUT2D eigenvalue weighted by Gasteiger charge is 2.50. The molecule has 1 aromatic rings. The highest BCUT2D eigenvalue weighted by atomic mass is 32.2. The Balaban J connectivity index is 1.95. The molecule has 2 atom stereocenters. The quantitative estimate of drug-likeness (QED) is 0.707. The van der Waals surface area contributed by atoms with Crippen LogP contribution in [0.3, 0.4) is 0 Å².